The summed E-state index contributed by atoms with van der Waals surface area (Å²) in [5.74, 6) is 2.34. The summed E-state index contributed by atoms with van der Waals surface area (Å²) in [7, 11) is 9.34. The number of methoxy groups -OCH3 is 5. The monoisotopic (exact) mass is 498 g/mol. The van der Waals surface area contributed by atoms with Crippen LogP contribution in [0.25, 0.3) is 10.9 Å². The molecule has 0 saturated carbocycles. The van der Waals surface area contributed by atoms with Crippen molar-refractivity contribution >= 4 is 10.9 Å². The SMILES string of the molecule is C=C[C@H]1CN2C/C(=C\N=NC)C1C[C@H]2[C@H](O)c1c(OC)c(OC)nc2cc(OC)c(OC)c(OC)c12. The summed E-state index contributed by atoms with van der Waals surface area (Å²) in [4.78, 5) is 6.90. The standard InChI is InChI=1S/C26H34N4O6/c1-8-14-12-30-13-15(11-28-27-2)16(14)9-18(30)22(31)21-20-17(29-26(36-7)25(21)35-6)10-19(32-3)23(33-4)24(20)34-5/h8,10-11,14,16,18,22,31H,1,9,12-13H2,2-7H3/b15-11+,28-27?/t14-,16?,18-,22-/m0/s1. The van der Waals surface area contributed by atoms with Crippen LogP contribution in [0.15, 0.2) is 40.7 Å². The van der Waals surface area contributed by atoms with Gasteiger partial charge in [0.25, 0.3) is 5.88 Å². The van der Waals surface area contributed by atoms with Crippen LogP contribution in [0.1, 0.15) is 18.1 Å². The highest BCUT2D eigenvalue weighted by Gasteiger charge is 2.46. The molecular formula is C26H34N4O6. The first-order valence-corrected chi connectivity index (χ1v) is 11.7. The number of hydrogen-bond donors (Lipinski definition) is 1. The lowest BCUT2D eigenvalue weighted by Crippen LogP contribution is -2.56. The second-order valence-electron chi connectivity index (χ2n) is 8.81. The summed E-state index contributed by atoms with van der Waals surface area (Å²) in [6.45, 7) is 5.51. The molecule has 0 amide bonds. The third-order valence-corrected chi connectivity index (χ3v) is 7.23. The van der Waals surface area contributed by atoms with Gasteiger partial charge in [-0.25, -0.2) is 4.98 Å². The Morgan fingerprint density at radius 2 is 1.81 bits per heavy atom. The van der Waals surface area contributed by atoms with Gasteiger partial charge in [-0.15, -0.1) is 6.58 Å². The molecule has 1 N–H and O–H groups in total. The van der Waals surface area contributed by atoms with Crippen molar-refractivity contribution in [2.45, 2.75) is 18.6 Å². The maximum absolute atomic E-state index is 12.0. The lowest BCUT2D eigenvalue weighted by Gasteiger charge is -2.51. The van der Waals surface area contributed by atoms with Crippen molar-refractivity contribution in [2.24, 2.45) is 22.1 Å². The highest BCUT2D eigenvalue weighted by Crippen LogP contribution is 2.52. The van der Waals surface area contributed by atoms with Crippen molar-refractivity contribution < 1.29 is 28.8 Å². The maximum atomic E-state index is 12.0. The summed E-state index contributed by atoms with van der Waals surface area (Å²) in [5.41, 5.74) is 2.25. The van der Waals surface area contributed by atoms with Gasteiger partial charge >= 0.3 is 0 Å². The lowest BCUT2D eigenvalue weighted by molar-refractivity contribution is -0.0204. The van der Waals surface area contributed by atoms with E-state index in [1.165, 1.54) is 19.8 Å². The van der Waals surface area contributed by atoms with Crippen LogP contribution < -0.4 is 23.7 Å². The molecule has 3 aliphatic rings. The quantitative estimate of drug-likeness (QED) is 0.411. The largest absolute Gasteiger partial charge is 0.493 e. The number of piperidine rings is 3. The van der Waals surface area contributed by atoms with Crippen LogP contribution in [0, 0.1) is 11.8 Å². The summed E-state index contributed by atoms with van der Waals surface area (Å²) < 4.78 is 28.3. The number of aromatic nitrogens is 1. The molecule has 0 aliphatic carbocycles. The number of benzene rings is 1. The molecule has 194 valence electrons. The number of ether oxygens (including phenoxy) is 5. The number of aliphatic hydroxyl groups excluding tert-OH is 1. The van der Waals surface area contributed by atoms with Crippen LogP contribution in [-0.4, -0.2) is 76.7 Å². The van der Waals surface area contributed by atoms with Gasteiger partial charge in [-0.2, -0.15) is 10.2 Å². The first kappa shape index (κ1) is 25.7. The number of rotatable bonds is 9. The fraction of sp³-hybridized carbons (Fsp3) is 0.500. The third kappa shape index (κ3) is 4.14. The minimum Gasteiger partial charge on any atom is -0.493 e. The van der Waals surface area contributed by atoms with Gasteiger partial charge in [0.15, 0.2) is 17.2 Å². The average Bonchev–Trinajstić information content (AvgIpc) is 2.92. The predicted molar refractivity (Wildman–Crippen MR) is 135 cm³/mol. The number of aliphatic hydroxyl groups is 1. The van der Waals surface area contributed by atoms with Crippen LogP contribution in [0.2, 0.25) is 0 Å². The Morgan fingerprint density at radius 3 is 2.36 bits per heavy atom. The van der Waals surface area contributed by atoms with E-state index in [4.69, 9.17) is 23.7 Å². The van der Waals surface area contributed by atoms with E-state index in [2.05, 4.69) is 26.7 Å². The molecule has 10 heteroatoms. The van der Waals surface area contributed by atoms with Crippen LogP contribution in [0.3, 0.4) is 0 Å². The lowest BCUT2D eigenvalue weighted by atomic mass is 9.71. The zero-order valence-electron chi connectivity index (χ0n) is 21.6. The Labute approximate surface area is 211 Å². The first-order chi connectivity index (χ1) is 17.5. The highest BCUT2D eigenvalue weighted by atomic mass is 16.5. The third-order valence-electron chi connectivity index (χ3n) is 7.23. The predicted octanol–water partition coefficient (Wildman–Crippen LogP) is 3.78. The van der Waals surface area contributed by atoms with Crippen LogP contribution >= 0.6 is 0 Å². The number of hydrogen-bond acceptors (Lipinski definition) is 10. The van der Waals surface area contributed by atoms with Crippen LogP contribution in [-0.2, 0) is 0 Å². The van der Waals surface area contributed by atoms with Gasteiger partial charge in [-0.1, -0.05) is 6.08 Å². The number of pyridine rings is 1. The topological polar surface area (TPSA) is 107 Å². The van der Waals surface area contributed by atoms with Gasteiger partial charge in [0.2, 0.25) is 5.75 Å². The molecule has 36 heavy (non-hydrogen) atoms. The molecule has 2 unspecified atom stereocenters. The number of nitrogens with zero attached hydrogens (tertiary/aromatic N) is 4. The number of azo groups is 1. The molecule has 1 aromatic carbocycles. The Hall–Kier alpha value is -3.37. The van der Waals surface area contributed by atoms with Crippen molar-refractivity contribution in [3.63, 3.8) is 0 Å². The first-order valence-electron chi connectivity index (χ1n) is 11.7. The molecule has 3 aliphatic heterocycles. The van der Waals surface area contributed by atoms with Crippen molar-refractivity contribution in [1.82, 2.24) is 9.88 Å². The zero-order chi connectivity index (χ0) is 26.0. The molecule has 3 saturated heterocycles. The molecule has 4 heterocycles. The second-order valence-corrected chi connectivity index (χ2v) is 8.81. The highest BCUT2D eigenvalue weighted by molar-refractivity contribution is 5.95. The van der Waals surface area contributed by atoms with E-state index in [0.717, 1.165) is 6.54 Å². The van der Waals surface area contributed by atoms with E-state index < -0.39 is 6.10 Å². The molecule has 2 aromatic rings. The van der Waals surface area contributed by atoms with Crippen molar-refractivity contribution in [3.8, 4) is 28.9 Å². The Bertz CT molecular complexity index is 1190. The van der Waals surface area contributed by atoms with Gasteiger partial charge in [-0.05, 0) is 23.8 Å². The molecule has 5 rings (SSSR count). The Balaban J connectivity index is 1.91. The van der Waals surface area contributed by atoms with E-state index >= 15 is 0 Å². The van der Waals surface area contributed by atoms with E-state index in [1.807, 2.05) is 12.3 Å². The molecule has 10 nitrogen and oxygen atoms in total. The fourth-order valence-electron chi connectivity index (χ4n) is 5.60. The minimum absolute atomic E-state index is 0.191. The van der Waals surface area contributed by atoms with Crippen LogP contribution in [0.4, 0.5) is 0 Å². The van der Waals surface area contributed by atoms with Gasteiger partial charge in [0.1, 0.15) is 0 Å². The summed E-state index contributed by atoms with van der Waals surface area (Å²) in [5, 5.41) is 20.6. The van der Waals surface area contributed by atoms with Crippen molar-refractivity contribution in [3.05, 3.63) is 36.1 Å². The Kier molecular flexibility index (Phi) is 7.65. The summed E-state index contributed by atoms with van der Waals surface area (Å²) >= 11 is 0. The van der Waals surface area contributed by atoms with Gasteiger partial charge in [-0.3, -0.25) is 4.90 Å². The van der Waals surface area contributed by atoms with Crippen molar-refractivity contribution in [2.75, 3.05) is 55.7 Å². The van der Waals surface area contributed by atoms with Crippen molar-refractivity contribution in [1.29, 1.82) is 0 Å². The number of fused-ring (bicyclic) bond motifs is 4. The van der Waals surface area contributed by atoms with E-state index in [1.54, 1.807) is 34.4 Å². The van der Waals surface area contributed by atoms with E-state index in [9.17, 15) is 5.11 Å². The normalized spacial score (nSPS) is 25.2. The second kappa shape index (κ2) is 10.7. The van der Waals surface area contributed by atoms with Gasteiger partial charge in [0.05, 0.1) is 52.6 Å². The Morgan fingerprint density at radius 1 is 1.08 bits per heavy atom. The molecule has 2 bridgehead atoms. The molecular weight excluding hydrogens is 464 g/mol. The zero-order valence-corrected chi connectivity index (χ0v) is 21.6. The maximum Gasteiger partial charge on any atom is 0.257 e. The molecule has 0 spiro atoms. The summed E-state index contributed by atoms with van der Waals surface area (Å²) in [6, 6.07) is 1.55. The fourth-order valence-corrected chi connectivity index (χ4v) is 5.60. The van der Waals surface area contributed by atoms with Gasteiger partial charge < -0.3 is 28.8 Å². The molecule has 5 atom stereocenters. The van der Waals surface area contributed by atoms with Gasteiger partial charge in [0, 0.05) is 44.0 Å². The smallest absolute Gasteiger partial charge is 0.257 e. The van der Waals surface area contributed by atoms with E-state index in [-0.39, 0.29) is 23.8 Å². The molecule has 1 aromatic heterocycles. The minimum atomic E-state index is -0.936. The summed E-state index contributed by atoms with van der Waals surface area (Å²) in [6.07, 6.45) is 3.60. The average molecular weight is 499 g/mol. The van der Waals surface area contributed by atoms with E-state index in [0.29, 0.717) is 52.4 Å². The van der Waals surface area contributed by atoms with Crippen LogP contribution in [0.5, 0.6) is 28.9 Å². The molecule has 3 fully saturated rings. The molecule has 0 radical (unpaired) electrons.